The van der Waals surface area contributed by atoms with E-state index in [1.54, 1.807) is 19.1 Å². The second kappa shape index (κ2) is 11.2. The van der Waals surface area contributed by atoms with E-state index in [0.29, 0.717) is 36.5 Å². The van der Waals surface area contributed by atoms with Crippen LogP contribution in [0.5, 0.6) is 11.5 Å². The largest absolute Gasteiger partial charge is 0.486 e. The Bertz CT molecular complexity index is 717. The molecule has 162 valence electrons. The van der Waals surface area contributed by atoms with Crippen molar-refractivity contribution in [3.8, 4) is 11.5 Å². The minimum absolute atomic E-state index is 0.115. The number of fused-ring (bicyclic) bond motifs is 1. The zero-order chi connectivity index (χ0) is 21.4. The predicted molar refractivity (Wildman–Crippen MR) is 122 cm³/mol. The molecule has 1 aromatic carbocycles. The van der Waals surface area contributed by atoms with Crippen LogP contribution >= 0.6 is 22.6 Å². The fourth-order valence-corrected chi connectivity index (χ4v) is 4.22. The summed E-state index contributed by atoms with van der Waals surface area (Å²) in [5.41, 5.74) is 1.000. The van der Waals surface area contributed by atoms with Gasteiger partial charge in [-0.3, -0.25) is 4.79 Å². The highest BCUT2D eigenvalue weighted by Gasteiger charge is 2.38. The molecule has 0 saturated carbocycles. The quantitative estimate of drug-likeness (QED) is 0.164. The number of ether oxygens (including phenoxy) is 3. The maximum atomic E-state index is 12.9. The highest BCUT2D eigenvalue weighted by Crippen LogP contribution is 2.42. The van der Waals surface area contributed by atoms with E-state index in [-0.39, 0.29) is 11.8 Å². The van der Waals surface area contributed by atoms with E-state index in [4.69, 9.17) is 14.2 Å². The molecular weight excluding hydrogens is 483 g/mol. The van der Waals surface area contributed by atoms with Crippen LogP contribution in [0.4, 0.5) is 0 Å². The SMILES string of the molecule is CCCc1c(OC(CC)C(=O)OCC)ccc2c1OC(C)(CCCCI)CC2=O. The summed E-state index contributed by atoms with van der Waals surface area (Å²) in [4.78, 5) is 25.1. The van der Waals surface area contributed by atoms with Crippen LogP contribution in [0.2, 0.25) is 0 Å². The number of rotatable bonds is 11. The standard InChI is InChI=1S/C23H33IO5/c1-5-10-17-20(28-19(6-2)22(26)27-7-3)12-11-16-18(25)15-23(4,29-21(16)17)13-8-9-14-24/h11-12,19H,5-10,13-15H2,1-4H3. The zero-order valence-corrected chi connectivity index (χ0v) is 20.2. The number of hydrogen-bond acceptors (Lipinski definition) is 5. The summed E-state index contributed by atoms with van der Waals surface area (Å²) in [6, 6.07) is 3.57. The minimum atomic E-state index is -0.669. The van der Waals surface area contributed by atoms with Gasteiger partial charge in [-0.05, 0) is 62.5 Å². The molecule has 6 heteroatoms. The van der Waals surface area contributed by atoms with Gasteiger partial charge in [-0.15, -0.1) is 0 Å². The van der Waals surface area contributed by atoms with E-state index < -0.39 is 11.7 Å². The van der Waals surface area contributed by atoms with Crippen LogP contribution < -0.4 is 9.47 Å². The van der Waals surface area contributed by atoms with Gasteiger partial charge in [0.1, 0.15) is 17.1 Å². The molecule has 1 heterocycles. The maximum absolute atomic E-state index is 12.9. The lowest BCUT2D eigenvalue weighted by molar-refractivity contribution is -0.151. The molecule has 0 aliphatic carbocycles. The molecule has 5 nitrogen and oxygen atoms in total. The van der Waals surface area contributed by atoms with Gasteiger partial charge in [-0.2, -0.15) is 0 Å². The van der Waals surface area contributed by atoms with E-state index >= 15 is 0 Å². The van der Waals surface area contributed by atoms with Crippen LogP contribution in [0.15, 0.2) is 12.1 Å². The molecule has 2 rings (SSSR count). The van der Waals surface area contributed by atoms with Crippen molar-refractivity contribution in [3.63, 3.8) is 0 Å². The van der Waals surface area contributed by atoms with Crippen LogP contribution in [-0.2, 0) is 16.0 Å². The van der Waals surface area contributed by atoms with E-state index in [1.165, 1.54) is 0 Å². The first-order chi connectivity index (χ1) is 13.9. The number of halogens is 1. The Balaban J connectivity index is 2.37. The highest BCUT2D eigenvalue weighted by molar-refractivity contribution is 14.1. The fraction of sp³-hybridized carbons (Fsp3) is 0.652. The molecule has 2 atom stereocenters. The first kappa shape index (κ1) is 24.0. The number of esters is 1. The average Bonchev–Trinajstić information content (AvgIpc) is 2.67. The molecule has 0 fully saturated rings. The van der Waals surface area contributed by atoms with Gasteiger partial charge in [0, 0.05) is 5.56 Å². The van der Waals surface area contributed by atoms with Crippen LogP contribution in [0.1, 0.15) is 82.1 Å². The molecule has 0 aromatic heterocycles. The normalized spacial score (nSPS) is 19.3. The van der Waals surface area contributed by atoms with Gasteiger partial charge < -0.3 is 14.2 Å². The van der Waals surface area contributed by atoms with Gasteiger partial charge in [0.15, 0.2) is 11.9 Å². The fourth-order valence-electron chi connectivity index (χ4n) is 3.68. The number of alkyl halides is 1. The molecule has 0 radical (unpaired) electrons. The number of hydrogen-bond donors (Lipinski definition) is 0. The van der Waals surface area contributed by atoms with Gasteiger partial charge in [0.05, 0.1) is 18.6 Å². The van der Waals surface area contributed by atoms with Crippen molar-refractivity contribution in [3.05, 3.63) is 23.3 Å². The Labute approximate surface area is 188 Å². The molecule has 0 N–H and O–H groups in total. The minimum Gasteiger partial charge on any atom is -0.486 e. The molecule has 1 aliphatic rings. The lowest BCUT2D eigenvalue weighted by atomic mass is 9.86. The topological polar surface area (TPSA) is 61.8 Å². The van der Waals surface area contributed by atoms with Crippen molar-refractivity contribution >= 4 is 34.3 Å². The van der Waals surface area contributed by atoms with Gasteiger partial charge in [0.2, 0.25) is 0 Å². The molecule has 0 bridgehead atoms. The summed E-state index contributed by atoms with van der Waals surface area (Å²) in [5, 5.41) is 0. The summed E-state index contributed by atoms with van der Waals surface area (Å²) in [6.45, 7) is 8.10. The number of carbonyl (C=O) groups is 2. The molecule has 2 unspecified atom stereocenters. The summed E-state index contributed by atoms with van der Waals surface area (Å²) in [6.07, 6.45) is 4.82. The highest BCUT2D eigenvalue weighted by atomic mass is 127. The van der Waals surface area contributed by atoms with Gasteiger partial charge in [-0.25, -0.2) is 4.79 Å². The van der Waals surface area contributed by atoms with E-state index in [9.17, 15) is 9.59 Å². The van der Waals surface area contributed by atoms with Crippen molar-refractivity contribution in [1.29, 1.82) is 0 Å². The number of ketones is 1. The third-order valence-corrected chi connectivity index (χ3v) is 5.94. The maximum Gasteiger partial charge on any atom is 0.347 e. The van der Waals surface area contributed by atoms with Crippen molar-refractivity contribution in [1.82, 2.24) is 0 Å². The summed E-state index contributed by atoms with van der Waals surface area (Å²) in [5.74, 6) is 0.992. The van der Waals surface area contributed by atoms with Gasteiger partial charge in [0.25, 0.3) is 0 Å². The Morgan fingerprint density at radius 3 is 2.66 bits per heavy atom. The first-order valence-electron chi connectivity index (χ1n) is 10.7. The van der Waals surface area contributed by atoms with Crippen molar-refractivity contribution < 1.29 is 23.8 Å². The molecule has 1 aliphatic heterocycles. The van der Waals surface area contributed by atoms with Crippen molar-refractivity contribution in [2.75, 3.05) is 11.0 Å². The van der Waals surface area contributed by atoms with Crippen LogP contribution in [-0.4, -0.2) is 34.5 Å². The Morgan fingerprint density at radius 2 is 2.03 bits per heavy atom. The molecule has 1 aromatic rings. The van der Waals surface area contributed by atoms with E-state index in [0.717, 1.165) is 42.1 Å². The molecule has 29 heavy (non-hydrogen) atoms. The van der Waals surface area contributed by atoms with Crippen LogP contribution in [0.25, 0.3) is 0 Å². The first-order valence-corrected chi connectivity index (χ1v) is 12.2. The number of benzene rings is 1. The monoisotopic (exact) mass is 516 g/mol. The predicted octanol–water partition coefficient (Wildman–Crippen LogP) is 5.69. The number of Topliss-reactive ketones (excluding diaryl/α,β-unsaturated/α-hetero) is 1. The van der Waals surface area contributed by atoms with E-state index in [1.807, 2.05) is 13.8 Å². The molecule has 0 saturated heterocycles. The third-order valence-electron chi connectivity index (χ3n) is 5.18. The summed E-state index contributed by atoms with van der Waals surface area (Å²) in [7, 11) is 0. The van der Waals surface area contributed by atoms with Crippen molar-refractivity contribution in [2.45, 2.75) is 84.3 Å². The smallest absolute Gasteiger partial charge is 0.347 e. The zero-order valence-electron chi connectivity index (χ0n) is 18.0. The lowest BCUT2D eigenvalue weighted by Gasteiger charge is -2.36. The number of carbonyl (C=O) groups excluding carboxylic acids is 2. The molecular formula is C23H33IO5. The van der Waals surface area contributed by atoms with Crippen LogP contribution in [0.3, 0.4) is 0 Å². The summed E-state index contributed by atoms with van der Waals surface area (Å²) >= 11 is 2.37. The lowest BCUT2D eigenvalue weighted by Crippen LogP contribution is -2.39. The van der Waals surface area contributed by atoms with Crippen molar-refractivity contribution in [2.24, 2.45) is 0 Å². The average molecular weight is 516 g/mol. The van der Waals surface area contributed by atoms with Gasteiger partial charge >= 0.3 is 5.97 Å². The Hall–Kier alpha value is -1.31. The van der Waals surface area contributed by atoms with E-state index in [2.05, 4.69) is 29.5 Å². The third kappa shape index (κ3) is 6.09. The molecule has 0 amide bonds. The number of unbranched alkanes of at least 4 members (excludes halogenated alkanes) is 1. The molecule has 0 spiro atoms. The second-order valence-electron chi connectivity index (χ2n) is 7.73. The summed E-state index contributed by atoms with van der Waals surface area (Å²) < 4.78 is 18.8. The Kier molecular flexibility index (Phi) is 9.24. The van der Waals surface area contributed by atoms with Gasteiger partial charge in [-0.1, -0.05) is 42.9 Å². The second-order valence-corrected chi connectivity index (χ2v) is 8.81. The van der Waals surface area contributed by atoms with Crippen LogP contribution in [0, 0.1) is 0 Å². The Morgan fingerprint density at radius 1 is 1.28 bits per heavy atom.